The third-order valence-corrected chi connectivity index (χ3v) is 8.09. The number of hydrogen-bond donors (Lipinski definition) is 1. The predicted octanol–water partition coefficient (Wildman–Crippen LogP) is 4.70. The Bertz CT molecular complexity index is 1350. The fourth-order valence-electron chi connectivity index (χ4n) is 4.25. The second kappa shape index (κ2) is 13.4. The average molecular weight is 554 g/mol. The molecule has 1 unspecified atom stereocenters. The van der Waals surface area contributed by atoms with Crippen molar-refractivity contribution >= 4 is 27.5 Å². The number of benzene rings is 3. The van der Waals surface area contributed by atoms with Gasteiger partial charge in [-0.1, -0.05) is 55.0 Å². The topological polar surface area (TPSA) is 86.8 Å². The van der Waals surface area contributed by atoms with Gasteiger partial charge in [0.25, 0.3) is 10.0 Å². The first-order valence-electron chi connectivity index (χ1n) is 13.0. The molecule has 7 nitrogen and oxygen atoms in total. The van der Waals surface area contributed by atoms with Crippen molar-refractivity contribution in [3.8, 4) is 0 Å². The van der Waals surface area contributed by atoms with Crippen LogP contribution in [0.2, 0.25) is 0 Å². The van der Waals surface area contributed by atoms with Gasteiger partial charge >= 0.3 is 0 Å². The minimum Gasteiger partial charge on any atom is -0.352 e. The van der Waals surface area contributed by atoms with E-state index in [1.165, 1.54) is 29.2 Å². The van der Waals surface area contributed by atoms with Crippen LogP contribution in [0.3, 0.4) is 0 Å². The van der Waals surface area contributed by atoms with Crippen LogP contribution in [0.1, 0.15) is 38.3 Å². The highest BCUT2D eigenvalue weighted by atomic mass is 32.2. The van der Waals surface area contributed by atoms with Gasteiger partial charge in [-0.25, -0.2) is 12.8 Å². The van der Waals surface area contributed by atoms with E-state index < -0.39 is 34.3 Å². The molecule has 3 aromatic rings. The summed E-state index contributed by atoms with van der Waals surface area (Å²) in [7, 11) is -4.19. The number of nitrogens with one attached hydrogen (secondary N) is 1. The highest BCUT2D eigenvalue weighted by Crippen LogP contribution is 2.25. The molecule has 1 atom stereocenters. The molecule has 1 N–H and O–H groups in total. The lowest BCUT2D eigenvalue weighted by Crippen LogP contribution is -2.54. The highest BCUT2D eigenvalue weighted by Gasteiger charge is 2.33. The van der Waals surface area contributed by atoms with E-state index in [9.17, 15) is 22.4 Å². The van der Waals surface area contributed by atoms with Crippen molar-refractivity contribution in [2.45, 2.75) is 57.5 Å². The minimum absolute atomic E-state index is 0.00523. The first-order chi connectivity index (χ1) is 18.5. The summed E-state index contributed by atoms with van der Waals surface area (Å²) in [6, 6.07) is 19.9. The van der Waals surface area contributed by atoms with Crippen molar-refractivity contribution in [1.82, 2.24) is 10.2 Å². The zero-order valence-electron chi connectivity index (χ0n) is 22.8. The fraction of sp³-hybridized carbons (Fsp3) is 0.333. The number of halogens is 1. The maximum absolute atomic E-state index is 13.9. The van der Waals surface area contributed by atoms with Gasteiger partial charge in [-0.05, 0) is 75.6 Å². The minimum atomic E-state index is -4.19. The molecule has 0 fully saturated rings. The number of amides is 2. The van der Waals surface area contributed by atoms with Crippen molar-refractivity contribution in [1.29, 1.82) is 0 Å². The molecule has 3 rings (SSSR count). The summed E-state index contributed by atoms with van der Waals surface area (Å²) < 4.78 is 42.2. The van der Waals surface area contributed by atoms with Crippen LogP contribution in [0.15, 0.2) is 83.8 Å². The molecule has 0 heterocycles. The number of aryl methyl sites for hydroxylation is 1. The van der Waals surface area contributed by atoms with Crippen LogP contribution in [0.25, 0.3) is 0 Å². The van der Waals surface area contributed by atoms with Gasteiger partial charge in [-0.2, -0.15) is 0 Å². The summed E-state index contributed by atoms with van der Waals surface area (Å²) >= 11 is 0. The van der Waals surface area contributed by atoms with E-state index in [0.29, 0.717) is 12.8 Å². The molecule has 0 aliphatic heterocycles. The van der Waals surface area contributed by atoms with E-state index in [1.54, 1.807) is 12.1 Å². The maximum Gasteiger partial charge on any atom is 0.264 e. The molecule has 3 aromatic carbocycles. The monoisotopic (exact) mass is 553 g/mol. The number of nitrogens with zero attached hydrogens (tertiary/aromatic N) is 2. The van der Waals surface area contributed by atoms with Crippen molar-refractivity contribution in [2.75, 3.05) is 17.4 Å². The third-order valence-electron chi connectivity index (χ3n) is 6.30. The van der Waals surface area contributed by atoms with Gasteiger partial charge in [0.05, 0.1) is 10.6 Å². The molecule has 0 radical (unpaired) electrons. The standard InChI is InChI=1S/C30H36FN3O4S/c1-5-28(30(36)32-22(2)3)33(20-19-24-9-7-6-8-10-24)29(35)21-34(26-15-13-25(31)14-16-26)39(37,38)27-17-11-23(4)12-18-27/h6-18,22,28H,5,19-21H2,1-4H3,(H,32,36). The molecule has 0 bridgehead atoms. The van der Waals surface area contributed by atoms with Crippen LogP contribution < -0.4 is 9.62 Å². The lowest BCUT2D eigenvalue weighted by molar-refractivity contribution is -0.139. The smallest absolute Gasteiger partial charge is 0.264 e. The highest BCUT2D eigenvalue weighted by molar-refractivity contribution is 7.92. The molecule has 0 saturated carbocycles. The molecule has 0 aliphatic rings. The first kappa shape index (κ1) is 29.8. The van der Waals surface area contributed by atoms with Gasteiger partial charge in [-0.15, -0.1) is 0 Å². The first-order valence-corrected chi connectivity index (χ1v) is 14.5. The van der Waals surface area contributed by atoms with Crippen LogP contribution in [-0.2, 0) is 26.0 Å². The fourth-order valence-corrected chi connectivity index (χ4v) is 5.66. The van der Waals surface area contributed by atoms with Gasteiger partial charge in [0, 0.05) is 12.6 Å². The lowest BCUT2D eigenvalue weighted by Gasteiger charge is -2.33. The number of sulfonamides is 1. The van der Waals surface area contributed by atoms with Crippen LogP contribution in [0.4, 0.5) is 10.1 Å². The summed E-state index contributed by atoms with van der Waals surface area (Å²) in [5.74, 6) is -1.36. The lowest BCUT2D eigenvalue weighted by atomic mass is 10.1. The Labute approximate surface area is 230 Å². The molecule has 2 amide bonds. The van der Waals surface area contributed by atoms with Gasteiger partial charge in [0.15, 0.2) is 0 Å². The maximum atomic E-state index is 13.9. The zero-order valence-corrected chi connectivity index (χ0v) is 23.6. The van der Waals surface area contributed by atoms with Crippen molar-refractivity contribution in [3.05, 3.63) is 95.8 Å². The van der Waals surface area contributed by atoms with Gasteiger partial charge in [0.2, 0.25) is 11.8 Å². The van der Waals surface area contributed by atoms with Crippen molar-refractivity contribution in [2.24, 2.45) is 0 Å². The molecular weight excluding hydrogens is 517 g/mol. The SMILES string of the molecule is CCC(C(=O)NC(C)C)N(CCc1ccccc1)C(=O)CN(c1ccc(F)cc1)S(=O)(=O)c1ccc(C)cc1. The van der Waals surface area contributed by atoms with Gasteiger partial charge < -0.3 is 10.2 Å². The molecule has 208 valence electrons. The molecule has 9 heteroatoms. The van der Waals surface area contributed by atoms with Crippen molar-refractivity contribution in [3.63, 3.8) is 0 Å². The molecule has 0 spiro atoms. The molecule has 0 aromatic heterocycles. The van der Waals surface area contributed by atoms with E-state index in [-0.39, 0.29) is 29.1 Å². The number of carbonyl (C=O) groups is 2. The average Bonchev–Trinajstić information content (AvgIpc) is 2.90. The number of anilines is 1. The van der Waals surface area contributed by atoms with Crippen LogP contribution >= 0.6 is 0 Å². The largest absolute Gasteiger partial charge is 0.352 e. The Morgan fingerprint density at radius 2 is 1.54 bits per heavy atom. The summed E-state index contributed by atoms with van der Waals surface area (Å²) in [6.07, 6.45) is 0.833. The second-order valence-electron chi connectivity index (χ2n) is 9.71. The van der Waals surface area contributed by atoms with E-state index in [0.717, 1.165) is 27.6 Å². The van der Waals surface area contributed by atoms with E-state index >= 15 is 0 Å². The molecule has 0 saturated heterocycles. The van der Waals surface area contributed by atoms with Crippen LogP contribution in [0.5, 0.6) is 0 Å². The van der Waals surface area contributed by atoms with Crippen LogP contribution in [0, 0.1) is 12.7 Å². The Hall–Kier alpha value is -3.72. The van der Waals surface area contributed by atoms with Crippen molar-refractivity contribution < 1.29 is 22.4 Å². The summed E-state index contributed by atoms with van der Waals surface area (Å²) in [5, 5.41) is 2.87. The summed E-state index contributed by atoms with van der Waals surface area (Å²) in [5.41, 5.74) is 2.01. The molecule has 39 heavy (non-hydrogen) atoms. The Morgan fingerprint density at radius 1 is 0.923 bits per heavy atom. The molecule has 0 aliphatic carbocycles. The van der Waals surface area contributed by atoms with Crippen LogP contribution in [-0.4, -0.2) is 50.3 Å². The van der Waals surface area contributed by atoms with Gasteiger partial charge in [-0.3, -0.25) is 13.9 Å². The number of rotatable bonds is 12. The zero-order chi connectivity index (χ0) is 28.6. The van der Waals surface area contributed by atoms with E-state index in [1.807, 2.05) is 58.0 Å². The Balaban J connectivity index is 2.00. The van der Waals surface area contributed by atoms with E-state index in [4.69, 9.17) is 0 Å². The third kappa shape index (κ3) is 7.89. The Kier molecular flexibility index (Phi) is 10.2. The molecular formula is C30H36FN3O4S. The Morgan fingerprint density at radius 3 is 2.10 bits per heavy atom. The normalized spacial score (nSPS) is 12.2. The van der Waals surface area contributed by atoms with Gasteiger partial charge in [0.1, 0.15) is 18.4 Å². The summed E-state index contributed by atoms with van der Waals surface area (Å²) in [6.45, 7) is 7.00. The second-order valence-corrected chi connectivity index (χ2v) is 11.6. The predicted molar refractivity (Wildman–Crippen MR) is 151 cm³/mol. The quantitative estimate of drug-likeness (QED) is 0.352. The number of hydrogen-bond acceptors (Lipinski definition) is 4. The van der Waals surface area contributed by atoms with E-state index in [2.05, 4.69) is 5.32 Å². The number of carbonyl (C=O) groups excluding carboxylic acids is 2. The summed E-state index contributed by atoms with van der Waals surface area (Å²) in [4.78, 5) is 28.5.